The Labute approximate surface area is 127 Å². The molecule has 5 heteroatoms. The van der Waals surface area contributed by atoms with Crippen LogP contribution in [-0.4, -0.2) is 52.8 Å². The van der Waals surface area contributed by atoms with Crippen molar-refractivity contribution in [1.29, 1.82) is 0 Å². The molecule has 0 bridgehead atoms. The molecule has 4 nitrogen and oxygen atoms in total. The maximum atomic E-state index is 12.2. The highest BCUT2D eigenvalue weighted by molar-refractivity contribution is 7.99. The van der Waals surface area contributed by atoms with E-state index in [0.717, 1.165) is 19.4 Å². The van der Waals surface area contributed by atoms with Crippen LogP contribution in [0, 0.1) is 0 Å². The van der Waals surface area contributed by atoms with Crippen molar-refractivity contribution in [2.24, 2.45) is 0 Å². The Hall–Kier alpha value is -0.420. The molecule has 3 atom stereocenters. The lowest BCUT2D eigenvalue weighted by Gasteiger charge is -2.39. The van der Waals surface area contributed by atoms with Gasteiger partial charge in [-0.1, -0.05) is 0 Å². The first-order valence-electron chi connectivity index (χ1n) is 7.68. The summed E-state index contributed by atoms with van der Waals surface area (Å²) in [5.41, 5.74) is -0.410. The molecule has 0 aromatic rings. The highest BCUT2D eigenvalue weighted by Crippen LogP contribution is 2.23. The Morgan fingerprint density at radius 3 is 2.60 bits per heavy atom. The molecule has 2 aliphatic rings. The molecule has 2 rings (SSSR count). The van der Waals surface area contributed by atoms with Gasteiger partial charge in [0.1, 0.15) is 5.60 Å². The van der Waals surface area contributed by atoms with Crippen molar-refractivity contribution < 1.29 is 9.53 Å². The van der Waals surface area contributed by atoms with E-state index in [0.29, 0.717) is 12.1 Å². The van der Waals surface area contributed by atoms with E-state index in [1.807, 2.05) is 37.4 Å². The number of nitrogens with one attached hydrogen (secondary N) is 1. The second kappa shape index (κ2) is 6.56. The maximum Gasteiger partial charge on any atom is 0.410 e. The smallest absolute Gasteiger partial charge is 0.410 e. The minimum atomic E-state index is -0.410. The van der Waals surface area contributed by atoms with Crippen LogP contribution in [0.4, 0.5) is 4.79 Å². The van der Waals surface area contributed by atoms with Gasteiger partial charge >= 0.3 is 6.09 Å². The lowest BCUT2D eigenvalue weighted by atomic mass is 9.97. The van der Waals surface area contributed by atoms with Crippen LogP contribution in [0.3, 0.4) is 0 Å². The number of likely N-dealkylation sites (tertiary alicyclic amines) is 1. The van der Waals surface area contributed by atoms with Crippen LogP contribution in [0.2, 0.25) is 0 Å². The van der Waals surface area contributed by atoms with E-state index < -0.39 is 5.60 Å². The number of hydrogen-bond donors (Lipinski definition) is 1. The van der Waals surface area contributed by atoms with Crippen LogP contribution in [-0.2, 0) is 4.74 Å². The zero-order chi connectivity index (χ0) is 14.8. The van der Waals surface area contributed by atoms with Crippen molar-refractivity contribution in [3.05, 3.63) is 0 Å². The highest BCUT2D eigenvalue weighted by Gasteiger charge is 2.32. The third-order valence-corrected chi connectivity index (χ3v) is 5.07. The van der Waals surface area contributed by atoms with E-state index in [-0.39, 0.29) is 12.1 Å². The number of nitrogens with zero attached hydrogens (tertiary/aromatic N) is 1. The molecule has 0 saturated carbocycles. The lowest BCUT2D eigenvalue weighted by molar-refractivity contribution is 0.00910. The summed E-state index contributed by atoms with van der Waals surface area (Å²) in [6.45, 7) is 8.68. The van der Waals surface area contributed by atoms with Gasteiger partial charge in [-0.25, -0.2) is 4.79 Å². The van der Waals surface area contributed by atoms with Gasteiger partial charge in [-0.3, -0.25) is 0 Å². The summed E-state index contributed by atoms with van der Waals surface area (Å²) in [5, 5.41) is 3.76. The first kappa shape index (κ1) is 16.0. The van der Waals surface area contributed by atoms with E-state index in [4.69, 9.17) is 4.74 Å². The Balaban J connectivity index is 1.80. The van der Waals surface area contributed by atoms with Gasteiger partial charge in [0.2, 0.25) is 0 Å². The normalized spacial score (nSPS) is 31.4. The minimum absolute atomic E-state index is 0.167. The third-order valence-electron chi connectivity index (χ3n) is 3.91. The molecule has 0 aromatic heterocycles. The molecule has 1 N–H and O–H groups in total. The van der Waals surface area contributed by atoms with Crippen LogP contribution in [0.15, 0.2) is 0 Å². The van der Waals surface area contributed by atoms with Gasteiger partial charge in [0.15, 0.2) is 0 Å². The molecule has 2 fully saturated rings. The maximum absolute atomic E-state index is 12.2. The van der Waals surface area contributed by atoms with E-state index in [9.17, 15) is 4.79 Å². The summed E-state index contributed by atoms with van der Waals surface area (Å²) in [6.07, 6.45) is 3.18. The zero-order valence-corrected chi connectivity index (χ0v) is 14.0. The molecule has 2 aliphatic heterocycles. The summed E-state index contributed by atoms with van der Waals surface area (Å²) < 4.78 is 5.48. The Kier molecular flexibility index (Phi) is 5.24. The third kappa shape index (κ3) is 4.55. The molecule has 116 valence electrons. The molecule has 2 heterocycles. The molecular weight excluding hydrogens is 272 g/mol. The zero-order valence-electron chi connectivity index (χ0n) is 13.1. The van der Waals surface area contributed by atoms with Gasteiger partial charge in [0.25, 0.3) is 0 Å². The van der Waals surface area contributed by atoms with Crippen LogP contribution < -0.4 is 5.32 Å². The number of amides is 1. The molecule has 0 radical (unpaired) electrons. The molecule has 2 saturated heterocycles. The standard InChI is InChI=1S/C15H28N2O2S/c1-11-9-12(16-13-6-8-20-10-13)5-7-17(11)14(18)19-15(2,3)4/h11-13,16H,5-10H2,1-4H3. The van der Waals surface area contributed by atoms with Crippen molar-refractivity contribution in [1.82, 2.24) is 10.2 Å². The first-order valence-corrected chi connectivity index (χ1v) is 8.84. The topological polar surface area (TPSA) is 41.6 Å². The summed E-state index contributed by atoms with van der Waals surface area (Å²) >= 11 is 2.04. The number of piperidine rings is 1. The summed E-state index contributed by atoms with van der Waals surface area (Å²) in [5.74, 6) is 2.52. The molecule has 20 heavy (non-hydrogen) atoms. The number of carbonyl (C=O) groups excluding carboxylic acids is 1. The van der Waals surface area contributed by atoms with Gasteiger partial charge in [-0.2, -0.15) is 11.8 Å². The minimum Gasteiger partial charge on any atom is -0.444 e. The van der Waals surface area contributed by atoms with Crippen molar-refractivity contribution in [3.63, 3.8) is 0 Å². The van der Waals surface area contributed by atoms with Crippen molar-refractivity contribution in [2.45, 2.75) is 70.7 Å². The van der Waals surface area contributed by atoms with E-state index in [1.54, 1.807) is 0 Å². The summed E-state index contributed by atoms with van der Waals surface area (Å²) in [4.78, 5) is 14.0. The number of rotatable bonds is 2. The average molecular weight is 300 g/mol. The predicted molar refractivity (Wildman–Crippen MR) is 84.3 cm³/mol. The number of carbonyl (C=O) groups is 1. The van der Waals surface area contributed by atoms with Crippen molar-refractivity contribution in [3.8, 4) is 0 Å². The Morgan fingerprint density at radius 1 is 1.30 bits per heavy atom. The van der Waals surface area contributed by atoms with Gasteiger partial charge in [0, 0.05) is 30.4 Å². The van der Waals surface area contributed by atoms with Crippen molar-refractivity contribution >= 4 is 17.9 Å². The van der Waals surface area contributed by atoms with Gasteiger partial charge in [-0.15, -0.1) is 0 Å². The summed E-state index contributed by atoms with van der Waals surface area (Å²) in [6, 6.07) is 1.47. The first-order chi connectivity index (χ1) is 9.35. The van der Waals surface area contributed by atoms with Gasteiger partial charge in [0.05, 0.1) is 0 Å². The largest absolute Gasteiger partial charge is 0.444 e. The SMILES string of the molecule is CC1CC(NC2CCSC2)CCN1C(=O)OC(C)(C)C. The Bertz CT molecular complexity index is 337. The molecule has 1 amide bonds. The fraction of sp³-hybridized carbons (Fsp3) is 0.933. The van der Waals surface area contributed by atoms with Crippen LogP contribution in [0.5, 0.6) is 0 Å². The van der Waals surface area contributed by atoms with Crippen LogP contribution in [0.25, 0.3) is 0 Å². The lowest BCUT2D eigenvalue weighted by Crippen LogP contribution is -2.52. The van der Waals surface area contributed by atoms with E-state index in [2.05, 4.69) is 12.2 Å². The fourth-order valence-electron chi connectivity index (χ4n) is 2.91. The molecule has 0 aromatic carbocycles. The van der Waals surface area contributed by atoms with E-state index >= 15 is 0 Å². The second-order valence-electron chi connectivity index (χ2n) is 6.97. The molecule has 0 spiro atoms. The number of hydrogen-bond acceptors (Lipinski definition) is 4. The summed E-state index contributed by atoms with van der Waals surface area (Å²) in [7, 11) is 0. The number of ether oxygens (including phenoxy) is 1. The predicted octanol–water partition coefficient (Wildman–Crippen LogP) is 2.87. The Morgan fingerprint density at radius 2 is 2.05 bits per heavy atom. The highest BCUT2D eigenvalue weighted by atomic mass is 32.2. The quantitative estimate of drug-likeness (QED) is 0.851. The number of thioether (sulfide) groups is 1. The fourth-order valence-corrected chi connectivity index (χ4v) is 4.08. The molecule has 3 unspecified atom stereocenters. The molecular formula is C15H28N2O2S. The van der Waals surface area contributed by atoms with Gasteiger partial charge < -0.3 is 15.0 Å². The monoisotopic (exact) mass is 300 g/mol. The van der Waals surface area contributed by atoms with Gasteiger partial charge in [-0.05, 0) is 52.7 Å². The van der Waals surface area contributed by atoms with E-state index in [1.165, 1.54) is 17.9 Å². The molecule has 0 aliphatic carbocycles. The van der Waals surface area contributed by atoms with Crippen LogP contribution >= 0.6 is 11.8 Å². The second-order valence-corrected chi connectivity index (χ2v) is 8.12. The van der Waals surface area contributed by atoms with Crippen molar-refractivity contribution in [2.75, 3.05) is 18.1 Å². The average Bonchev–Trinajstić information content (AvgIpc) is 2.79. The van der Waals surface area contributed by atoms with Crippen LogP contribution in [0.1, 0.15) is 47.0 Å².